The third-order valence-corrected chi connectivity index (χ3v) is 6.99. The average molecular weight is 533 g/mol. The number of aromatic nitrogens is 4. The number of aryl methyl sites for hydroxylation is 2. The summed E-state index contributed by atoms with van der Waals surface area (Å²) >= 11 is 7.12. The van der Waals surface area contributed by atoms with Crippen LogP contribution in [0, 0.1) is 6.92 Å². The third kappa shape index (κ3) is 5.84. The molecule has 3 heterocycles. The molecule has 0 radical (unpaired) electrons. The van der Waals surface area contributed by atoms with E-state index in [0.29, 0.717) is 45.2 Å². The number of benzene rings is 2. The van der Waals surface area contributed by atoms with Gasteiger partial charge >= 0.3 is 0 Å². The van der Waals surface area contributed by atoms with Gasteiger partial charge in [-0.05, 0) is 49.2 Å². The summed E-state index contributed by atoms with van der Waals surface area (Å²) in [5.41, 5.74) is 2.12. The Morgan fingerprint density at radius 1 is 1.08 bits per heavy atom. The summed E-state index contributed by atoms with van der Waals surface area (Å²) in [5, 5.41) is 9.04. The number of carbonyl (C=O) groups is 1. The fourth-order valence-corrected chi connectivity index (χ4v) is 4.78. The smallest absolute Gasteiger partial charge is 0.260 e. The predicted octanol–water partition coefficient (Wildman–Crippen LogP) is 5.70. The maximum Gasteiger partial charge on any atom is 0.260 e. The highest BCUT2D eigenvalue weighted by atomic mass is 35.5. The molecule has 0 amide bonds. The SMILES string of the molecule is Cc1nc(-n2ccc(OCc3nnc(-c4ccc(Cl)cc4)o3)cc2=O)sc1C(=O)CCc1ccccc1. The van der Waals surface area contributed by atoms with Crippen LogP contribution in [0.2, 0.25) is 5.02 Å². The van der Waals surface area contributed by atoms with Crippen LogP contribution in [-0.2, 0) is 13.0 Å². The molecule has 0 spiro atoms. The van der Waals surface area contributed by atoms with E-state index in [9.17, 15) is 9.59 Å². The third-order valence-electron chi connectivity index (χ3n) is 5.54. The Morgan fingerprint density at radius 3 is 2.62 bits per heavy atom. The number of halogens is 1. The van der Waals surface area contributed by atoms with Gasteiger partial charge in [0.2, 0.25) is 5.89 Å². The number of ether oxygens (including phenoxy) is 1. The molecule has 0 saturated carbocycles. The molecule has 10 heteroatoms. The van der Waals surface area contributed by atoms with Crippen LogP contribution in [0.15, 0.2) is 82.1 Å². The Labute approximate surface area is 221 Å². The summed E-state index contributed by atoms with van der Waals surface area (Å²) < 4.78 is 12.7. The Morgan fingerprint density at radius 2 is 1.86 bits per heavy atom. The molecule has 0 aliphatic carbocycles. The summed E-state index contributed by atoms with van der Waals surface area (Å²) in [7, 11) is 0. The van der Waals surface area contributed by atoms with Crippen LogP contribution in [0.25, 0.3) is 16.6 Å². The first-order chi connectivity index (χ1) is 18.0. The second-order valence-corrected chi connectivity index (χ2v) is 9.60. The summed E-state index contributed by atoms with van der Waals surface area (Å²) in [6, 6.07) is 19.9. The molecule has 0 fully saturated rings. The molecule has 5 rings (SSSR count). The van der Waals surface area contributed by atoms with E-state index in [1.807, 2.05) is 30.3 Å². The number of rotatable bonds is 9. The molecular formula is C27H21ClN4O4S. The number of thiazole rings is 1. The van der Waals surface area contributed by atoms with Crippen LogP contribution in [0.1, 0.15) is 33.2 Å². The van der Waals surface area contributed by atoms with Gasteiger partial charge in [-0.2, -0.15) is 0 Å². The van der Waals surface area contributed by atoms with Crippen molar-refractivity contribution < 1.29 is 13.9 Å². The van der Waals surface area contributed by atoms with E-state index in [1.54, 1.807) is 43.5 Å². The zero-order valence-electron chi connectivity index (χ0n) is 19.8. The highest BCUT2D eigenvalue weighted by Crippen LogP contribution is 2.24. The van der Waals surface area contributed by atoms with Gasteiger partial charge in [0.05, 0.1) is 10.6 Å². The van der Waals surface area contributed by atoms with E-state index in [-0.39, 0.29) is 23.8 Å². The van der Waals surface area contributed by atoms with E-state index in [4.69, 9.17) is 20.8 Å². The van der Waals surface area contributed by atoms with Crippen molar-refractivity contribution in [1.82, 2.24) is 19.7 Å². The van der Waals surface area contributed by atoms with Crippen LogP contribution in [0.5, 0.6) is 5.75 Å². The van der Waals surface area contributed by atoms with Crippen molar-refractivity contribution in [3.05, 3.63) is 110 Å². The van der Waals surface area contributed by atoms with Gasteiger partial charge < -0.3 is 9.15 Å². The second-order valence-electron chi connectivity index (χ2n) is 8.19. The average Bonchev–Trinajstić information content (AvgIpc) is 3.54. The lowest BCUT2D eigenvalue weighted by Gasteiger charge is -2.05. The van der Waals surface area contributed by atoms with E-state index in [0.717, 1.165) is 11.1 Å². The van der Waals surface area contributed by atoms with Crippen molar-refractivity contribution in [3.63, 3.8) is 0 Å². The standard InChI is InChI=1S/C27H21ClN4O4S/c1-17-25(22(33)12-7-18-5-3-2-4-6-18)37-27(29-17)32-14-13-21(15-24(32)34)35-16-23-30-31-26(36-23)19-8-10-20(28)11-9-19/h2-6,8-11,13-15H,7,12,16H2,1H3. The van der Waals surface area contributed by atoms with Crippen molar-refractivity contribution in [1.29, 1.82) is 0 Å². The summed E-state index contributed by atoms with van der Waals surface area (Å²) in [6.07, 6.45) is 2.60. The maximum atomic E-state index is 12.8. The first kappa shape index (κ1) is 24.6. The van der Waals surface area contributed by atoms with Crippen molar-refractivity contribution in [2.45, 2.75) is 26.4 Å². The Bertz CT molecular complexity index is 1590. The number of carbonyl (C=O) groups excluding carboxylic acids is 1. The molecule has 37 heavy (non-hydrogen) atoms. The second kappa shape index (κ2) is 10.9. The number of nitrogens with zero attached hydrogens (tertiary/aromatic N) is 4. The predicted molar refractivity (Wildman–Crippen MR) is 141 cm³/mol. The molecule has 2 aromatic carbocycles. The number of pyridine rings is 1. The molecule has 0 aliphatic rings. The first-order valence-corrected chi connectivity index (χ1v) is 12.6. The minimum Gasteiger partial charge on any atom is -0.484 e. The highest BCUT2D eigenvalue weighted by molar-refractivity contribution is 7.16. The molecule has 186 valence electrons. The van der Waals surface area contributed by atoms with Crippen molar-refractivity contribution in [2.75, 3.05) is 0 Å². The van der Waals surface area contributed by atoms with E-state index >= 15 is 0 Å². The molecule has 3 aromatic heterocycles. The van der Waals surface area contributed by atoms with Crippen LogP contribution >= 0.6 is 22.9 Å². The Kier molecular flexibility index (Phi) is 7.25. The van der Waals surface area contributed by atoms with Gasteiger partial charge in [0.25, 0.3) is 11.4 Å². The summed E-state index contributed by atoms with van der Waals surface area (Å²) in [4.78, 5) is 30.6. The van der Waals surface area contributed by atoms with Crippen molar-refractivity contribution in [2.24, 2.45) is 0 Å². The van der Waals surface area contributed by atoms with E-state index in [1.165, 1.54) is 22.0 Å². The number of Topliss-reactive ketones (excluding diaryl/α,β-unsaturated/α-hetero) is 1. The maximum absolute atomic E-state index is 12.8. The lowest BCUT2D eigenvalue weighted by molar-refractivity contribution is 0.0986. The Hall–Kier alpha value is -4.08. The lowest BCUT2D eigenvalue weighted by Crippen LogP contribution is -2.16. The van der Waals surface area contributed by atoms with E-state index in [2.05, 4.69) is 15.2 Å². The quantitative estimate of drug-likeness (QED) is 0.224. The normalized spacial score (nSPS) is 11.0. The molecule has 5 aromatic rings. The van der Waals surface area contributed by atoms with Gasteiger partial charge in [-0.1, -0.05) is 53.3 Å². The van der Waals surface area contributed by atoms with Crippen LogP contribution in [0.3, 0.4) is 0 Å². The minimum atomic E-state index is -0.332. The van der Waals surface area contributed by atoms with Crippen LogP contribution in [-0.4, -0.2) is 25.5 Å². The van der Waals surface area contributed by atoms with Gasteiger partial charge in [-0.25, -0.2) is 4.98 Å². The first-order valence-electron chi connectivity index (χ1n) is 11.4. The molecule has 0 saturated heterocycles. The van der Waals surface area contributed by atoms with E-state index < -0.39 is 0 Å². The molecule has 0 bridgehead atoms. The Balaban J connectivity index is 1.24. The zero-order chi connectivity index (χ0) is 25.8. The van der Waals surface area contributed by atoms with Gasteiger partial charge in [0.1, 0.15) is 5.75 Å². The molecule has 8 nitrogen and oxygen atoms in total. The monoisotopic (exact) mass is 532 g/mol. The summed E-state index contributed by atoms with van der Waals surface area (Å²) in [6.45, 7) is 1.78. The van der Waals surface area contributed by atoms with Gasteiger partial charge in [-0.3, -0.25) is 14.2 Å². The van der Waals surface area contributed by atoms with Gasteiger partial charge in [0, 0.05) is 29.3 Å². The van der Waals surface area contributed by atoms with Gasteiger partial charge in [0.15, 0.2) is 17.5 Å². The van der Waals surface area contributed by atoms with Crippen LogP contribution in [0.4, 0.5) is 0 Å². The van der Waals surface area contributed by atoms with Crippen molar-refractivity contribution in [3.8, 4) is 22.3 Å². The molecular weight excluding hydrogens is 512 g/mol. The molecule has 0 aliphatic heterocycles. The minimum absolute atomic E-state index is 0.000464. The summed E-state index contributed by atoms with van der Waals surface area (Å²) in [5.74, 6) is 0.970. The fraction of sp³-hybridized carbons (Fsp3) is 0.148. The largest absolute Gasteiger partial charge is 0.484 e. The van der Waals surface area contributed by atoms with Crippen molar-refractivity contribution >= 4 is 28.7 Å². The van der Waals surface area contributed by atoms with Gasteiger partial charge in [-0.15, -0.1) is 10.2 Å². The molecule has 0 atom stereocenters. The number of hydrogen-bond donors (Lipinski definition) is 0. The highest BCUT2D eigenvalue weighted by Gasteiger charge is 2.17. The zero-order valence-corrected chi connectivity index (χ0v) is 21.3. The lowest BCUT2D eigenvalue weighted by atomic mass is 10.1. The fourth-order valence-electron chi connectivity index (χ4n) is 3.63. The number of ketones is 1. The molecule has 0 N–H and O–H groups in total. The number of hydrogen-bond acceptors (Lipinski definition) is 8. The topological polar surface area (TPSA) is 100 Å². The molecule has 0 unspecified atom stereocenters. The van der Waals surface area contributed by atoms with Crippen LogP contribution < -0.4 is 10.3 Å².